The van der Waals surface area contributed by atoms with Gasteiger partial charge in [-0.25, -0.2) is 5.43 Å². The van der Waals surface area contributed by atoms with Crippen LogP contribution in [-0.4, -0.2) is 17.2 Å². The molecular formula is C17H18N2O2. The van der Waals surface area contributed by atoms with Crippen molar-refractivity contribution in [1.82, 2.24) is 5.43 Å². The molecule has 2 aromatic rings. The minimum Gasteiger partial charge on any atom is -0.378 e. The predicted octanol–water partition coefficient (Wildman–Crippen LogP) is 2.45. The number of rotatable bonds is 6. The second-order valence-electron chi connectivity index (χ2n) is 4.63. The molecule has 0 radical (unpaired) electrons. The zero-order chi connectivity index (χ0) is 14.9. The van der Waals surface area contributed by atoms with Gasteiger partial charge in [0.25, 0.3) is 5.91 Å². The zero-order valence-electron chi connectivity index (χ0n) is 11.6. The van der Waals surface area contributed by atoms with Crippen LogP contribution in [0.5, 0.6) is 0 Å². The summed E-state index contributed by atoms with van der Waals surface area (Å²) in [5.41, 5.74) is 4.12. The topological polar surface area (TPSA) is 61.7 Å². The number of hydrogen-bond donors (Lipinski definition) is 2. The number of benzene rings is 2. The highest BCUT2D eigenvalue weighted by atomic mass is 16.3. The Labute approximate surface area is 124 Å². The van der Waals surface area contributed by atoms with E-state index in [0.29, 0.717) is 5.56 Å². The van der Waals surface area contributed by atoms with Crippen LogP contribution in [0.4, 0.5) is 0 Å². The van der Waals surface area contributed by atoms with Crippen molar-refractivity contribution in [3.8, 4) is 0 Å². The third kappa shape index (κ3) is 4.85. The van der Waals surface area contributed by atoms with Crippen LogP contribution in [0.2, 0.25) is 0 Å². The lowest BCUT2D eigenvalue weighted by Crippen LogP contribution is -2.25. The van der Waals surface area contributed by atoms with Gasteiger partial charge in [0.2, 0.25) is 0 Å². The molecule has 21 heavy (non-hydrogen) atoms. The summed E-state index contributed by atoms with van der Waals surface area (Å²) in [7, 11) is 0. The summed E-state index contributed by atoms with van der Waals surface area (Å²) in [5, 5.41) is 13.7. The molecule has 108 valence electrons. The zero-order valence-corrected chi connectivity index (χ0v) is 11.6. The molecule has 1 unspecified atom stereocenters. The minimum absolute atomic E-state index is 0.530. The number of aliphatic hydroxyl groups excluding tert-OH is 1. The number of aliphatic hydroxyl groups is 1. The number of aryl methyl sites for hydroxylation is 1. The van der Waals surface area contributed by atoms with Crippen molar-refractivity contribution in [1.29, 1.82) is 0 Å². The van der Waals surface area contributed by atoms with Gasteiger partial charge in [-0.15, -0.1) is 0 Å². The number of nitrogens with one attached hydrogen (secondary N) is 1. The Kier molecular flexibility index (Phi) is 5.67. The molecule has 0 aliphatic heterocycles. The maximum Gasteiger partial charge on any atom is 0.273 e. The predicted molar refractivity (Wildman–Crippen MR) is 82.8 cm³/mol. The third-order valence-corrected chi connectivity index (χ3v) is 3.03. The summed E-state index contributed by atoms with van der Waals surface area (Å²) < 4.78 is 0. The first kappa shape index (κ1) is 14.9. The lowest BCUT2D eigenvalue weighted by atomic mass is 10.1. The monoisotopic (exact) mass is 282 g/mol. The van der Waals surface area contributed by atoms with Crippen molar-refractivity contribution in [2.24, 2.45) is 5.10 Å². The fourth-order valence-corrected chi connectivity index (χ4v) is 1.90. The number of amides is 1. The fraction of sp³-hybridized carbons (Fsp3) is 0.176. The Hall–Kier alpha value is -2.46. The van der Waals surface area contributed by atoms with Gasteiger partial charge in [-0.05, 0) is 24.0 Å². The average Bonchev–Trinajstić information content (AvgIpc) is 2.55. The number of carbonyl (C=O) groups is 1. The molecule has 0 spiro atoms. The van der Waals surface area contributed by atoms with Crippen LogP contribution in [0.1, 0.15) is 23.7 Å². The van der Waals surface area contributed by atoms with Crippen molar-refractivity contribution in [2.75, 3.05) is 0 Å². The van der Waals surface area contributed by atoms with Crippen LogP contribution in [0.3, 0.4) is 0 Å². The van der Waals surface area contributed by atoms with Crippen LogP contribution in [0.25, 0.3) is 0 Å². The summed E-state index contributed by atoms with van der Waals surface area (Å²) in [6.45, 7) is 0. The van der Waals surface area contributed by atoms with E-state index in [1.54, 1.807) is 30.5 Å². The van der Waals surface area contributed by atoms with E-state index < -0.39 is 12.0 Å². The maximum absolute atomic E-state index is 11.7. The van der Waals surface area contributed by atoms with E-state index in [2.05, 4.69) is 10.5 Å². The molecule has 0 aliphatic carbocycles. The van der Waals surface area contributed by atoms with Gasteiger partial charge in [0.1, 0.15) is 0 Å². The number of nitrogens with zero attached hydrogens (tertiary/aromatic N) is 1. The molecule has 0 heterocycles. The Morgan fingerprint density at radius 1 is 1.10 bits per heavy atom. The van der Waals surface area contributed by atoms with E-state index in [1.807, 2.05) is 36.4 Å². The summed E-state index contributed by atoms with van der Waals surface area (Å²) in [6, 6.07) is 18.8. The Bertz CT molecular complexity index is 582. The van der Waals surface area contributed by atoms with Crippen LogP contribution in [-0.2, 0) is 11.2 Å². The van der Waals surface area contributed by atoms with E-state index in [-0.39, 0.29) is 0 Å². The van der Waals surface area contributed by atoms with Gasteiger partial charge in [0, 0.05) is 6.21 Å². The third-order valence-electron chi connectivity index (χ3n) is 3.03. The van der Waals surface area contributed by atoms with E-state index in [4.69, 9.17) is 0 Å². The number of hydrazone groups is 1. The highest BCUT2D eigenvalue weighted by Crippen LogP contribution is 2.11. The Balaban J connectivity index is 1.75. The van der Waals surface area contributed by atoms with Gasteiger partial charge in [0.05, 0.1) is 0 Å². The Morgan fingerprint density at radius 2 is 1.71 bits per heavy atom. The SMILES string of the molecule is O=C(NN=CCCc1ccccc1)C(O)c1ccccc1. The number of carbonyl (C=O) groups excluding carboxylic acids is 1. The van der Waals surface area contributed by atoms with E-state index in [9.17, 15) is 9.90 Å². The molecule has 1 amide bonds. The van der Waals surface area contributed by atoms with Crippen molar-refractivity contribution >= 4 is 12.1 Å². The molecule has 4 nitrogen and oxygen atoms in total. The van der Waals surface area contributed by atoms with Crippen LogP contribution >= 0.6 is 0 Å². The molecule has 0 bridgehead atoms. The normalized spacial score (nSPS) is 12.2. The molecule has 2 aromatic carbocycles. The van der Waals surface area contributed by atoms with Crippen molar-refractivity contribution in [3.05, 3.63) is 71.8 Å². The largest absolute Gasteiger partial charge is 0.378 e. The van der Waals surface area contributed by atoms with Gasteiger partial charge in [-0.1, -0.05) is 60.7 Å². The van der Waals surface area contributed by atoms with E-state index in [0.717, 1.165) is 12.8 Å². The van der Waals surface area contributed by atoms with Crippen LogP contribution in [0, 0.1) is 0 Å². The highest BCUT2D eigenvalue weighted by Gasteiger charge is 2.15. The van der Waals surface area contributed by atoms with Crippen molar-refractivity contribution in [2.45, 2.75) is 18.9 Å². The van der Waals surface area contributed by atoms with Crippen molar-refractivity contribution in [3.63, 3.8) is 0 Å². The molecule has 1 atom stereocenters. The molecule has 0 saturated carbocycles. The molecule has 2 N–H and O–H groups in total. The smallest absolute Gasteiger partial charge is 0.273 e. The summed E-state index contributed by atoms with van der Waals surface area (Å²) in [4.78, 5) is 11.7. The van der Waals surface area contributed by atoms with Crippen LogP contribution < -0.4 is 5.43 Å². The first-order valence-corrected chi connectivity index (χ1v) is 6.85. The van der Waals surface area contributed by atoms with Gasteiger partial charge in [-0.2, -0.15) is 5.10 Å². The van der Waals surface area contributed by atoms with Gasteiger partial charge in [0.15, 0.2) is 6.10 Å². The fourth-order valence-electron chi connectivity index (χ4n) is 1.90. The van der Waals surface area contributed by atoms with Crippen molar-refractivity contribution < 1.29 is 9.90 Å². The van der Waals surface area contributed by atoms with Gasteiger partial charge in [-0.3, -0.25) is 4.79 Å². The van der Waals surface area contributed by atoms with E-state index in [1.165, 1.54) is 5.56 Å². The summed E-state index contributed by atoms with van der Waals surface area (Å²) in [6.07, 6.45) is 2.04. The van der Waals surface area contributed by atoms with Crippen LogP contribution in [0.15, 0.2) is 65.8 Å². The number of hydrogen-bond acceptors (Lipinski definition) is 3. The first-order chi connectivity index (χ1) is 10.3. The lowest BCUT2D eigenvalue weighted by Gasteiger charge is -2.08. The van der Waals surface area contributed by atoms with Gasteiger partial charge >= 0.3 is 0 Å². The molecular weight excluding hydrogens is 264 g/mol. The molecule has 0 saturated heterocycles. The summed E-state index contributed by atoms with van der Waals surface area (Å²) in [5.74, 6) is -0.530. The van der Waals surface area contributed by atoms with Gasteiger partial charge < -0.3 is 5.11 Å². The summed E-state index contributed by atoms with van der Waals surface area (Å²) >= 11 is 0. The Morgan fingerprint density at radius 3 is 2.38 bits per heavy atom. The molecule has 0 aromatic heterocycles. The standard InChI is InChI=1S/C17H18N2O2/c20-16(15-11-5-2-6-12-15)17(21)19-18-13-7-10-14-8-3-1-4-9-14/h1-6,8-9,11-13,16,20H,7,10H2,(H,19,21). The van der Waals surface area contributed by atoms with E-state index >= 15 is 0 Å². The average molecular weight is 282 g/mol. The second kappa shape index (κ2) is 7.97. The molecule has 4 heteroatoms. The first-order valence-electron chi connectivity index (χ1n) is 6.85. The molecule has 2 rings (SSSR count). The molecule has 0 fully saturated rings. The molecule has 0 aliphatic rings. The second-order valence-corrected chi connectivity index (χ2v) is 4.63. The quantitative estimate of drug-likeness (QED) is 0.631. The maximum atomic E-state index is 11.7. The minimum atomic E-state index is -1.20. The highest BCUT2D eigenvalue weighted by molar-refractivity contribution is 5.82. The lowest BCUT2D eigenvalue weighted by molar-refractivity contribution is -0.129.